The van der Waals surface area contributed by atoms with E-state index in [1.165, 1.54) is 12.1 Å². The molecule has 160 valence electrons. The number of aryl methyl sites for hydroxylation is 1. The van der Waals surface area contributed by atoms with Crippen LogP contribution in [0.15, 0.2) is 30.5 Å². The standard InChI is InChI=1S/C22H28FN5O2/c1-15-19(22(30)25-11-16-6-8-18(23)9-7-16)12-24-21(26-15)17-5-4-10-28(13-17)20(29)14-27(2)3/h6-9,12,17H,4-5,10-11,13-14H2,1-3H3,(H,25,30)/t17-/m1/s1. The Morgan fingerprint density at radius 3 is 2.67 bits per heavy atom. The van der Waals surface area contributed by atoms with Gasteiger partial charge in [0.15, 0.2) is 0 Å². The van der Waals surface area contributed by atoms with Gasteiger partial charge >= 0.3 is 0 Å². The van der Waals surface area contributed by atoms with Gasteiger partial charge in [-0.25, -0.2) is 14.4 Å². The average molecular weight is 413 g/mol. The van der Waals surface area contributed by atoms with Crippen molar-refractivity contribution < 1.29 is 14.0 Å². The quantitative estimate of drug-likeness (QED) is 0.785. The minimum atomic E-state index is -0.311. The van der Waals surface area contributed by atoms with Crippen LogP contribution in [0.3, 0.4) is 0 Å². The van der Waals surface area contributed by atoms with Crippen LogP contribution in [0.25, 0.3) is 0 Å². The summed E-state index contributed by atoms with van der Waals surface area (Å²) in [7, 11) is 3.76. The topological polar surface area (TPSA) is 78.4 Å². The van der Waals surface area contributed by atoms with Gasteiger partial charge in [0.1, 0.15) is 11.6 Å². The van der Waals surface area contributed by atoms with Gasteiger partial charge in [-0.3, -0.25) is 9.59 Å². The largest absolute Gasteiger partial charge is 0.348 e. The number of hydrogen-bond acceptors (Lipinski definition) is 5. The molecule has 1 aliphatic heterocycles. The number of piperidine rings is 1. The number of nitrogens with one attached hydrogen (secondary N) is 1. The molecule has 3 rings (SSSR count). The molecule has 1 fully saturated rings. The lowest BCUT2D eigenvalue weighted by Gasteiger charge is -2.32. The van der Waals surface area contributed by atoms with Crippen molar-refractivity contribution in [2.45, 2.75) is 32.2 Å². The number of likely N-dealkylation sites (tertiary alicyclic amines) is 1. The third kappa shape index (κ3) is 5.60. The van der Waals surface area contributed by atoms with Gasteiger partial charge in [-0.2, -0.15) is 0 Å². The maximum absolute atomic E-state index is 13.0. The summed E-state index contributed by atoms with van der Waals surface area (Å²) < 4.78 is 13.0. The maximum Gasteiger partial charge on any atom is 0.254 e. The van der Waals surface area contributed by atoms with E-state index in [0.29, 0.717) is 36.7 Å². The monoisotopic (exact) mass is 413 g/mol. The molecule has 1 saturated heterocycles. The van der Waals surface area contributed by atoms with Crippen molar-refractivity contribution in [2.24, 2.45) is 0 Å². The predicted octanol–water partition coefficient (Wildman–Crippen LogP) is 2.12. The van der Waals surface area contributed by atoms with Crippen molar-refractivity contribution in [1.29, 1.82) is 0 Å². The molecule has 2 heterocycles. The molecule has 0 spiro atoms. The molecule has 0 bridgehead atoms. The highest BCUT2D eigenvalue weighted by Gasteiger charge is 2.27. The molecule has 0 unspecified atom stereocenters. The van der Waals surface area contributed by atoms with Crippen molar-refractivity contribution in [2.75, 3.05) is 33.7 Å². The van der Waals surface area contributed by atoms with Crippen molar-refractivity contribution in [3.05, 3.63) is 58.9 Å². The Morgan fingerprint density at radius 1 is 1.27 bits per heavy atom. The van der Waals surface area contributed by atoms with E-state index >= 15 is 0 Å². The summed E-state index contributed by atoms with van der Waals surface area (Å²) in [5.41, 5.74) is 1.83. The molecule has 0 radical (unpaired) electrons. The fourth-order valence-corrected chi connectivity index (χ4v) is 3.57. The zero-order valence-electron chi connectivity index (χ0n) is 17.7. The number of amides is 2. The molecule has 1 atom stereocenters. The van der Waals surface area contributed by atoms with E-state index in [2.05, 4.69) is 15.3 Å². The summed E-state index contributed by atoms with van der Waals surface area (Å²) in [6, 6.07) is 5.99. The van der Waals surface area contributed by atoms with Crippen LogP contribution < -0.4 is 5.32 Å². The van der Waals surface area contributed by atoms with Gasteiger partial charge in [0.25, 0.3) is 5.91 Å². The van der Waals surface area contributed by atoms with E-state index in [1.807, 2.05) is 23.9 Å². The molecule has 2 amide bonds. The number of nitrogens with zero attached hydrogens (tertiary/aromatic N) is 4. The molecule has 8 heteroatoms. The maximum atomic E-state index is 13.0. The van der Waals surface area contributed by atoms with E-state index in [4.69, 9.17) is 0 Å². The van der Waals surface area contributed by atoms with Crippen LogP contribution in [-0.4, -0.2) is 65.3 Å². The number of rotatable bonds is 6. The Balaban J connectivity index is 1.63. The van der Waals surface area contributed by atoms with E-state index in [-0.39, 0.29) is 23.5 Å². The molecule has 1 aromatic heterocycles. The van der Waals surface area contributed by atoms with E-state index in [9.17, 15) is 14.0 Å². The first kappa shape index (κ1) is 21.8. The summed E-state index contributed by atoms with van der Waals surface area (Å²) in [5.74, 6) is 0.271. The minimum Gasteiger partial charge on any atom is -0.348 e. The predicted molar refractivity (Wildman–Crippen MR) is 111 cm³/mol. The normalized spacial score (nSPS) is 16.6. The summed E-state index contributed by atoms with van der Waals surface area (Å²) in [6.07, 6.45) is 3.38. The van der Waals surface area contributed by atoms with Gasteiger partial charge in [-0.15, -0.1) is 0 Å². The van der Waals surface area contributed by atoms with Crippen molar-refractivity contribution in [1.82, 2.24) is 25.1 Å². The van der Waals surface area contributed by atoms with Crippen molar-refractivity contribution in [3.8, 4) is 0 Å². The number of halogens is 1. The fourth-order valence-electron chi connectivity index (χ4n) is 3.57. The highest BCUT2D eigenvalue weighted by atomic mass is 19.1. The summed E-state index contributed by atoms with van der Waals surface area (Å²) in [4.78, 5) is 37.6. The van der Waals surface area contributed by atoms with Crippen LogP contribution in [0, 0.1) is 12.7 Å². The van der Waals surface area contributed by atoms with E-state index in [1.54, 1.807) is 25.3 Å². The Morgan fingerprint density at radius 2 is 2.00 bits per heavy atom. The van der Waals surface area contributed by atoms with Gasteiger partial charge < -0.3 is 15.1 Å². The third-order valence-corrected chi connectivity index (χ3v) is 5.20. The molecule has 0 aliphatic carbocycles. The Hall–Kier alpha value is -2.87. The Labute approximate surface area is 176 Å². The van der Waals surface area contributed by atoms with Crippen LogP contribution in [0.4, 0.5) is 4.39 Å². The molecular weight excluding hydrogens is 385 g/mol. The highest BCUT2D eigenvalue weighted by Crippen LogP contribution is 2.25. The smallest absolute Gasteiger partial charge is 0.254 e. The van der Waals surface area contributed by atoms with Crippen LogP contribution >= 0.6 is 0 Å². The summed E-state index contributed by atoms with van der Waals surface area (Å²) in [6.45, 7) is 3.83. The number of aromatic nitrogens is 2. The van der Waals surface area contributed by atoms with Gasteiger partial charge in [0.05, 0.1) is 17.8 Å². The zero-order chi connectivity index (χ0) is 21.7. The number of carbonyl (C=O) groups excluding carboxylic acids is 2. The SMILES string of the molecule is Cc1nc([C@@H]2CCCN(C(=O)CN(C)C)C2)ncc1C(=O)NCc1ccc(F)cc1. The molecule has 1 aliphatic rings. The second-order valence-electron chi connectivity index (χ2n) is 7.95. The first-order valence-electron chi connectivity index (χ1n) is 10.1. The molecular formula is C22H28FN5O2. The van der Waals surface area contributed by atoms with Crippen LogP contribution in [0.2, 0.25) is 0 Å². The minimum absolute atomic E-state index is 0.0693. The van der Waals surface area contributed by atoms with Gasteiger partial charge in [0.2, 0.25) is 5.91 Å². The first-order chi connectivity index (χ1) is 14.3. The van der Waals surface area contributed by atoms with Gasteiger partial charge in [-0.05, 0) is 51.6 Å². The third-order valence-electron chi connectivity index (χ3n) is 5.20. The first-order valence-corrected chi connectivity index (χ1v) is 10.1. The lowest BCUT2D eigenvalue weighted by Crippen LogP contribution is -2.43. The lowest BCUT2D eigenvalue weighted by molar-refractivity contribution is -0.133. The zero-order valence-corrected chi connectivity index (χ0v) is 17.7. The molecule has 7 nitrogen and oxygen atoms in total. The van der Waals surface area contributed by atoms with E-state index in [0.717, 1.165) is 24.9 Å². The Kier molecular flexibility index (Phi) is 7.10. The fraction of sp³-hybridized carbons (Fsp3) is 0.455. The second kappa shape index (κ2) is 9.75. The lowest BCUT2D eigenvalue weighted by atomic mass is 9.96. The van der Waals surface area contributed by atoms with Crippen molar-refractivity contribution in [3.63, 3.8) is 0 Å². The average Bonchev–Trinajstić information content (AvgIpc) is 2.72. The van der Waals surface area contributed by atoms with Gasteiger partial charge in [-0.1, -0.05) is 12.1 Å². The van der Waals surface area contributed by atoms with Gasteiger partial charge in [0, 0.05) is 31.7 Å². The van der Waals surface area contributed by atoms with Crippen molar-refractivity contribution >= 4 is 11.8 Å². The number of carbonyl (C=O) groups is 2. The number of likely N-dealkylation sites (N-methyl/N-ethyl adjacent to an activating group) is 1. The number of benzene rings is 1. The highest BCUT2D eigenvalue weighted by molar-refractivity contribution is 5.94. The van der Waals surface area contributed by atoms with Crippen LogP contribution in [0.5, 0.6) is 0 Å². The molecule has 2 aromatic rings. The molecule has 0 saturated carbocycles. The summed E-state index contributed by atoms with van der Waals surface area (Å²) in [5, 5.41) is 2.82. The molecule has 1 N–H and O–H groups in total. The summed E-state index contributed by atoms with van der Waals surface area (Å²) >= 11 is 0. The second-order valence-corrected chi connectivity index (χ2v) is 7.95. The molecule has 1 aromatic carbocycles. The number of hydrogen-bond donors (Lipinski definition) is 1. The van der Waals surface area contributed by atoms with E-state index < -0.39 is 0 Å². The van der Waals surface area contributed by atoms with Crippen LogP contribution in [-0.2, 0) is 11.3 Å². The Bertz CT molecular complexity index is 901. The molecule has 30 heavy (non-hydrogen) atoms. The van der Waals surface area contributed by atoms with Crippen LogP contribution in [0.1, 0.15) is 46.2 Å².